The Balaban J connectivity index is 3.52. The van der Waals surface area contributed by atoms with Crippen LogP contribution in [-0.4, -0.2) is 78.4 Å². The summed E-state index contributed by atoms with van der Waals surface area (Å²) in [5.41, 5.74) is 1.10. The average Bonchev–Trinajstić information content (AvgIpc) is 2.76. The molecular formula is C22H33ClN4O4. The fourth-order valence-corrected chi connectivity index (χ4v) is 2.90. The summed E-state index contributed by atoms with van der Waals surface area (Å²) in [6.45, 7) is 10.2. The molecule has 172 valence electrons. The van der Waals surface area contributed by atoms with Gasteiger partial charge in [0, 0.05) is 38.3 Å². The number of carbonyl (C=O) groups excluding carboxylic acids is 2. The van der Waals surface area contributed by atoms with E-state index in [4.69, 9.17) is 21.4 Å². The number of carbonyl (C=O) groups is 2. The maximum atomic E-state index is 13.5. The molecule has 31 heavy (non-hydrogen) atoms. The largest absolute Gasteiger partial charge is 0.396 e. The molecule has 0 fully saturated rings. The second-order valence-corrected chi connectivity index (χ2v) is 7.63. The highest BCUT2D eigenvalue weighted by molar-refractivity contribution is 6.30. The van der Waals surface area contributed by atoms with Crippen LogP contribution in [0.4, 0.5) is 0 Å². The lowest BCUT2D eigenvalue weighted by molar-refractivity contribution is -0.129. The number of benzene rings is 1. The summed E-state index contributed by atoms with van der Waals surface area (Å²) in [5, 5.41) is 9.76. The lowest BCUT2D eigenvalue weighted by atomic mass is 10.2. The number of nitrogens with zero attached hydrogens (tertiary/aromatic N) is 4. The van der Waals surface area contributed by atoms with Crippen LogP contribution in [0.15, 0.2) is 40.8 Å². The van der Waals surface area contributed by atoms with Crippen LogP contribution in [0, 0.1) is 0 Å². The Bertz CT molecular complexity index is 752. The van der Waals surface area contributed by atoms with Crippen molar-refractivity contribution in [3.05, 3.63) is 46.4 Å². The monoisotopic (exact) mass is 452 g/mol. The summed E-state index contributed by atoms with van der Waals surface area (Å²) in [6.07, 6.45) is 0.969. The molecule has 0 atom stereocenters. The van der Waals surface area contributed by atoms with Crippen molar-refractivity contribution in [2.24, 2.45) is 4.99 Å². The van der Waals surface area contributed by atoms with Gasteiger partial charge in [-0.15, -0.1) is 0 Å². The van der Waals surface area contributed by atoms with Crippen molar-refractivity contribution in [1.29, 1.82) is 0 Å². The summed E-state index contributed by atoms with van der Waals surface area (Å²) in [7, 11) is 1.64. The number of rotatable bonds is 14. The molecule has 2 amide bonds. The Morgan fingerprint density at radius 1 is 1.32 bits per heavy atom. The molecule has 0 aromatic heterocycles. The third-order valence-corrected chi connectivity index (χ3v) is 4.72. The number of likely N-dealkylation sites (N-methyl/N-ethyl adjacent to an activating group) is 1. The van der Waals surface area contributed by atoms with Gasteiger partial charge in [-0.05, 0) is 51.6 Å². The molecule has 0 radical (unpaired) electrons. The predicted octanol–water partition coefficient (Wildman–Crippen LogP) is 2.71. The first-order chi connectivity index (χ1) is 14.8. The smallest absolute Gasteiger partial charge is 0.273 e. The van der Waals surface area contributed by atoms with Gasteiger partial charge < -0.3 is 19.6 Å². The molecule has 1 aromatic rings. The molecule has 8 nitrogen and oxygen atoms in total. The Hall–Kier alpha value is -2.42. The maximum absolute atomic E-state index is 13.5. The molecule has 0 saturated heterocycles. The molecule has 0 aliphatic rings. The number of ether oxygens (including phenoxy) is 1. The van der Waals surface area contributed by atoms with E-state index < -0.39 is 0 Å². The van der Waals surface area contributed by atoms with Gasteiger partial charge in [0.25, 0.3) is 5.91 Å². The molecule has 1 rings (SSSR count). The summed E-state index contributed by atoms with van der Waals surface area (Å²) >= 11 is 6.01. The quantitative estimate of drug-likeness (QED) is 0.203. The number of hydrogen-bond donors (Lipinski definition) is 1. The van der Waals surface area contributed by atoms with Gasteiger partial charge in [0.1, 0.15) is 12.4 Å². The Morgan fingerprint density at radius 2 is 1.97 bits per heavy atom. The van der Waals surface area contributed by atoms with E-state index in [0.29, 0.717) is 37.5 Å². The first-order valence-corrected chi connectivity index (χ1v) is 10.6. The minimum absolute atomic E-state index is 0.0381. The first kappa shape index (κ1) is 26.6. The van der Waals surface area contributed by atoms with Crippen molar-refractivity contribution in [1.82, 2.24) is 14.7 Å². The molecule has 1 aromatic carbocycles. The molecule has 0 unspecified atom stereocenters. The lowest BCUT2D eigenvalue weighted by Crippen LogP contribution is -2.41. The summed E-state index contributed by atoms with van der Waals surface area (Å²) < 4.78 is 5.82. The fourth-order valence-electron chi connectivity index (χ4n) is 2.78. The van der Waals surface area contributed by atoms with E-state index in [0.717, 1.165) is 5.56 Å². The molecule has 0 aliphatic heterocycles. The fraction of sp³-hybridized carbons (Fsp3) is 0.500. The van der Waals surface area contributed by atoms with Crippen molar-refractivity contribution < 1.29 is 19.4 Å². The normalized spacial score (nSPS) is 11.7. The van der Waals surface area contributed by atoms with Crippen molar-refractivity contribution in [3.8, 4) is 0 Å². The molecule has 0 spiro atoms. The number of amides is 2. The van der Waals surface area contributed by atoms with Crippen molar-refractivity contribution in [2.75, 3.05) is 33.5 Å². The molecule has 0 bridgehead atoms. The third-order valence-electron chi connectivity index (χ3n) is 4.47. The zero-order chi connectivity index (χ0) is 23.4. The van der Waals surface area contributed by atoms with Crippen LogP contribution in [-0.2, 0) is 20.9 Å². The van der Waals surface area contributed by atoms with Gasteiger partial charge in [0.05, 0.1) is 6.10 Å². The number of aliphatic hydroxyl groups excluding tert-OH is 1. The van der Waals surface area contributed by atoms with E-state index in [1.165, 1.54) is 9.80 Å². The van der Waals surface area contributed by atoms with E-state index in [2.05, 4.69) is 11.7 Å². The summed E-state index contributed by atoms with van der Waals surface area (Å²) in [5.74, 6) is -0.197. The van der Waals surface area contributed by atoms with Crippen LogP contribution in [0.5, 0.6) is 0 Å². The molecule has 1 N–H and O–H groups in total. The van der Waals surface area contributed by atoms with Crippen molar-refractivity contribution in [2.45, 2.75) is 39.8 Å². The van der Waals surface area contributed by atoms with Crippen molar-refractivity contribution >= 4 is 30.6 Å². The number of aliphatic imine (C=N–C) groups is 1. The van der Waals surface area contributed by atoms with Gasteiger partial charge >= 0.3 is 0 Å². The van der Waals surface area contributed by atoms with Gasteiger partial charge in [-0.3, -0.25) is 14.5 Å². The Kier molecular flexibility index (Phi) is 11.8. The topological polar surface area (TPSA) is 85.7 Å². The molecule has 0 aliphatic carbocycles. The SMILES string of the molecule is C=N/C(=C(/C(=O)N(C)CCCO)N(COC(C)C)Cc1ccc(Cl)cc1)N(C=O)CC. The second kappa shape index (κ2) is 13.8. The van der Waals surface area contributed by atoms with Crippen LogP contribution >= 0.6 is 11.6 Å². The van der Waals surface area contributed by atoms with Crippen LogP contribution in [0.3, 0.4) is 0 Å². The Morgan fingerprint density at radius 3 is 2.45 bits per heavy atom. The number of hydrogen-bond acceptors (Lipinski definition) is 6. The standard InChI is InChI=1S/C22H33ClN4O4/c1-6-26(15-29)21(24-4)20(22(30)25(5)12-7-13-28)27(16-31-17(2)3)14-18-8-10-19(23)11-9-18/h8-11,15,17,28H,4,6-7,12-14,16H2,1-3,5H3/b21-20+. The van der Waals surface area contributed by atoms with Crippen LogP contribution in [0.1, 0.15) is 32.8 Å². The average molecular weight is 453 g/mol. The molecule has 0 heterocycles. The minimum Gasteiger partial charge on any atom is -0.396 e. The molecule has 0 saturated carbocycles. The minimum atomic E-state index is -0.350. The van der Waals surface area contributed by atoms with E-state index >= 15 is 0 Å². The Labute approximate surface area is 189 Å². The zero-order valence-corrected chi connectivity index (χ0v) is 19.5. The van der Waals surface area contributed by atoms with Gasteiger partial charge in [-0.25, -0.2) is 4.99 Å². The summed E-state index contributed by atoms with van der Waals surface area (Å²) in [6, 6.07) is 7.27. The van der Waals surface area contributed by atoms with Crippen LogP contribution in [0.2, 0.25) is 5.02 Å². The van der Waals surface area contributed by atoms with E-state index in [1.54, 1.807) is 31.0 Å². The molecular weight excluding hydrogens is 420 g/mol. The third kappa shape index (κ3) is 8.32. The van der Waals surface area contributed by atoms with Gasteiger partial charge in [-0.2, -0.15) is 0 Å². The lowest BCUT2D eigenvalue weighted by Gasteiger charge is -2.32. The molecule has 9 heteroatoms. The predicted molar refractivity (Wildman–Crippen MR) is 122 cm³/mol. The highest BCUT2D eigenvalue weighted by atomic mass is 35.5. The number of halogens is 1. The highest BCUT2D eigenvalue weighted by Crippen LogP contribution is 2.22. The van der Waals surface area contributed by atoms with E-state index in [-0.39, 0.29) is 36.9 Å². The van der Waals surface area contributed by atoms with E-state index in [1.807, 2.05) is 26.0 Å². The number of aliphatic hydroxyl groups is 1. The highest BCUT2D eigenvalue weighted by Gasteiger charge is 2.28. The summed E-state index contributed by atoms with van der Waals surface area (Å²) in [4.78, 5) is 33.7. The van der Waals surface area contributed by atoms with Crippen LogP contribution in [0.25, 0.3) is 0 Å². The zero-order valence-electron chi connectivity index (χ0n) is 18.8. The van der Waals surface area contributed by atoms with Crippen molar-refractivity contribution in [3.63, 3.8) is 0 Å². The second-order valence-electron chi connectivity index (χ2n) is 7.19. The van der Waals surface area contributed by atoms with Gasteiger partial charge in [0.2, 0.25) is 6.41 Å². The first-order valence-electron chi connectivity index (χ1n) is 10.2. The van der Waals surface area contributed by atoms with E-state index in [9.17, 15) is 9.59 Å². The van der Waals surface area contributed by atoms with Gasteiger partial charge in [0.15, 0.2) is 5.82 Å². The maximum Gasteiger partial charge on any atom is 0.273 e. The van der Waals surface area contributed by atoms with Crippen LogP contribution < -0.4 is 0 Å². The van der Waals surface area contributed by atoms with Gasteiger partial charge in [-0.1, -0.05) is 23.7 Å².